The maximum Gasteiger partial charge on any atom is 0.225 e. The standard InChI is InChI=1S/C13H12ClNO/c14-13(16)9-5-3-7-11-12(9)8-4-1-2-6-10(8)15-11/h1-2,4,6,9,12H,3,5,7H2. The fourth-order valence-corrected chi connectivity index (χ4v) is 3.07. The average molecular weight is 234 g/mol. The molecule has 3 rings (SSSR count). The molecular formula is C13H12ClNO. The molecular weight excluding hydrogens is 222 g/mol. The fraction of sp³-hybridized carbons (Fsp3) is 0.385. The van der Waals surface area contributed by atoms with Gasteiger partial charge in [0.1, 0.15) is 0 Å². The first-order valence-electron chi connectivity index (χ1n) is 5.63. The van der Waals surface area contributed by atoms with E-state index >= 15 is 0 Å². The minimum absolute atomic E-state index is 0.0715. The molecule has 0 amide bonds. The van der Waals surface area contributed by atoms with Crippen LogP contribution < -0.4 is 0 Å². The summed E-state index contributed by atoms with van der Waals surface area (Å²) in [5, 5.41) is -0.214. The number of hydrogen-bond donors (Lipinski definition) is 0. The zero-order valence-corrected chi connectivity index (χ0v) is 9.57. The van der Waals surface area contributed by atoms with Gasteiger partial charge in [-0.2, -0.15) is 0 Å². The summed E-state index contributed by atoms with van der Waals surface area (Å²) in [6, 6.07) is 8.06. The number of carbonyl (C=O) groups is 1. The van der Waals surface area contributed by atoms with Gasteiger partial charge >= 0.3 is 0 Å². The van der Waals surface area contributed by atoms with Crippen molar-refractivity contribution in [2.45, 2.75) is 25.2 Å². The molecule has 2 atom stereocenters. The SMILES string of the molecule is O=C(Cl)C1CCCC2=Nc3ccccc3C21. The van der Waals surface area contributed by atoms with Crippen molar-refractivity contribution in [3.63, 3.8) is 0 Å². The van der Waals surface area contributed by atoms with Crippen LogP contribution in [0.15, 0.2) is 29.3 Å². The lowest BCUT2D eigenvalue weighted by atomic mass is 9.76. The molecule has 1 aliphatic heterocycles. The van der Waals surface area contributed by atoms with Crippen molar-refractivity contribution in [3.8, 4) is 0 Å². The molecule has 3 heteroatoms. The third-order valence-electron chi connectivity index (χ3n) is 3.54. The van der Waals surface area contributed by atoms with Crippen molar-refractivity contribution < 1.29 is 4.79 Å². The molecule has 2 nitrogen and oxygen atoms in total. The lowest BCUT2D eigenvalue weighted by Crippen LogP contribution is -2.28. The Hall–Kier alpha value is -1.15. The summed E-state index contributed by atoms with van der Waals surface area (Å²) in [5.74, 6) is 0.0766. The van der Waals surface area contributed by atoms with Crippen molar-refractivity contribution in [1.82, 2.24) is 0 Å². The molecule has 16 heavy (non-hydrogen) atoms. The summed E-state index contributed by atoms with van der Waals surface area (Å²) >= 11 is 5.70. The first kappa shape index (κ1) is 10.0. The summed E-state index contributed by atoms with van der Waals surface area (Å²) in [5.41, 5.74) is 3.34. The second-order valence-electron chi connectivity index (χ2n) is 4.44. The van der Waals surface area contributed by atoms with E-state index in [1.807, 2.05) is 18.2 Å². The van der Waals surface area contributed by atoms with Crippen LogP contribution in [0.2, 0.25) is 0 Å². The largest absolute Gasteiger partial charge is 0.281 e. The molecule has 0 radical (unpaired) electrons. The normalized spacial score (nSPS) is 26.9. The molecule has 1 aromatic rings. The van der Waals surface area contributed by atoms with Crippen LogP contribution in [0.1, 0.15) is 30.7 Å². The van der Waals surface area contributed by atoms with Crippen LogP contribution in [0.4, 0.5) is 5.69 Å². The van der Waals surface area contributed by atoms with E-state index in [1.54, 1.807) is 0 Å². The van der Waals surface area contributed by atoms with Crippen molar-refractivity contribution >= 4 is 28.2 Å². The van der Waals surface area contributed by atoms with Gasteiger partial charge in [0.15, 0.2) is 0 Å². The topological polar surface area (TPSA) is 29.4 Å². The van der Waals surface area contributed by atoms with E-state index < -0.39 is 0 Å². The molecule has 1 aliphatic carbocycles. The lowest BCUT2D eigenvalue weighted by Gasteiger charge is -2.27. The third-order valence-corrected chi connectivity index (χ3v) is 3.82. The molecule has 2 aliphatic rings. The lowest BCUT2D eigenvalue weighted by molar-refractivity contribution is -0.115. The Morgan fingerprint density at radius 2 is 2.19 bits per heavy atom. The predicted molar refractivity (Wildman–Crippen MR) is 64.5 cm³/mol. The highest BCUT2D eigenvalue weighted by atomic mass is 35.5. The third kappa shape index (κ3) is 1.40. The second-order valence-corrected chi connectivity index (χ2v) is 4.81. The number of rotatable bonds is 1. The van der Waals surface area contributed by atoms with Crippen molar-refractivity contribution in [1.29, 1.82) is 0 Å². The van der Waals surface area contributed by atoms with Gasteiger partial charge in [-0.15, -0.1) is 0 Å². The quantitative estimate of drug-likeness (QED) is 0.684. The van der Waals surface area contributed by atoms with Gasteiger partial charge in [0, 0.05) is 17.5 Å². The molecule has 1 heterocycles. The summed E-state index contributed by atoms with van der Waals surface area (Å²) in [4.78, 5) is 16.1. The maximum atomic E-state index is 11.5. The average Bonchev–Trinajstić information content (AvgIpc) is 2.66. The number of carbonyl (C=O) groups excluding carboxylic acids is 1. The molecule has 1 aromatic carbocycles. The molecule has 82 valence electrons. The first-order chi connectivity index (χ1) is 7.77. The number of aliphatic imine (C=N–C) groups is 1. The maximum absolute atomic E-state index is 11.5. The highest BCUT2D eigenvalue weighted by molar-refractivity contribution is 6.64. The molecule has 1 fully saturated rings. The molecule has 0 N–H and O–H groups in total. The van der Waals surface area contributed by atoms with E-state index in [0.29, 0.717) is 0 Å². The van der Waals surface area contributed by atoms with Crippen LogP contribution in [0.5, 0.6) is 0 Å². The molecule has 1 saturated carbocycles. The van der Waals surface area contributed by atoms with E-state index in [4.69, 9.17) is 11.6 Å². The second kappa shape index (κ2) is 3.70. The molecule has 2 unspecified atom stereocenters. The molecule has 0 bridgehead atoms. The monoisotopic (exact) mass is 233 g/mol. The van der Waals surface area contributed by atoms with Crippen LogP contribution in [0, 0.1) is 5.92 Å². The minimum Gasteiger partial charge on any atom is -0.281 e. The number of para-hydroxylation sites is 1. The van der Waals surface area contributed by atoms with E-state index in [0.717, 1.165) is 30.7 Å². The van der Waals surface area contributed by atoms with E-state index in [9.17, 15) is 4.79 Å². The predicted octanol–water partition coefficient (Wildman–Crippen LogP) is 3.42. The Morgan fingerprint density at radius 1 is 1.38 bits per heavy atom. The van der Waals surface area contributed by atoms with Crippen LogP contribution in [-0.4, -0.2) is 11.0 Å². The van der Waals surface area contributed by atoms with Gasteiger partial charge in [0.2, 0.25) is 5.24 Å². The number of halogens is 1. The van der Waals surface area contributed by atoms with Gasteiger partial charge in [-0.25, -0.2) is 0 Å². The van der Waals surface area contributed by atoms with Crippen molar-refractivity contribution in [2.75, 3.05) is 0 Å². The van der Waals surface area contributed by atoms with Gasteiger partial charge in [-0.1, -0.05) is 18.2 Å². The zero-order chi connectivity index (χ0) is 11.1. The highest BCUT2D eigenvalue weighted by Gasteiger charge is 2.39. The van der Waals surface area contributed by atoms with Crippen LogP contribution in [0.3, 0.4) is 0 Å². The van der Waals surface area contributed by atoms with Gasteiger partial charge in [-0.3, -0.25) is 9.79 Å². The number of hydrogen-bond acceptors (Lipinski definition) is 2. The number of fused-ring (bicyclic) bond motifs is 3. The Morgan fingerprint density at radius 3 is 3.00 bits per heavy atom. The van der Waals surface area contributed by atoms with Gasteiger partial charge in [0.05, 0.1) is 5.69 Å². The van der Waals surface area contributed by atoms with Gasteiger partial charge in [-0.05, 0) is 42.5 Å². The van der Waals surface area contributed by atoms with Gasteiger partial charge < -0.3 is 0 Å². The number of nitrogens with zero attached hydrogens (tertiary/aromatic N) is 1. The number of benzene rings is 1. The van der Waals surface area contributed by atoms with Crippen molar-refractivity contribution in [3.05, 3.63) is 29.8 Å². The first-order valence-corrected chi connectivity index (χ1v) is 6.01. The van der Waals surface area contributed by atoms with E-state index in [-0.39, 0.29) is 17.1 Å². The summed E-state index contributed by atoms with van der Waals surface area (Å²) in [6.07, 6.45) is 2.91. The fourth-order valence-electron chi connectivity index (χ4n) is 2.83. The smallest absolute Gasteiger partial charge is 0.225 e. The molecule has 0 aromatic heterocycles. The van der Waals surface area contributed by atoms with Crippen LogP contribution >= 0.6 is 11.6 Å². The summed E-state index contributed by atoms with van der Waals surface area (Å²) < 4.78 is 0. The molecule has 0 saturated heterocycles. The summed E-state index contributed by atoms with van der Waals surface area (Å²) in [6.45, 7) is 0. The minimum atomic E-state index is -0.214. The Bertz CT molecular complexity index is 481. The van der Waals surface area contributed by atoms with Crippen molar-refractivity contribution in [2.24, 2.45) is 10.9 Å². The van der Waals surface area contributed by atoms with E-state index in [1.165, 1.54) is 5.56 Å². The Kier molecular flexibility index (Phi) is 2.32. The zero-order valence-electron chi connectivity index (χ0n) is 8.82. The van der Waals surface area contributed by atoms with E-state index in [2.05, 4.69) is 11.1 Å². The van der Waals surface area contributed by atoms with Crippen LogP contribution in [-0.2, 0) is 4.79 Å². The van der Waals surface area contributed by atoms with Crippen LogP contribution in [0.25, 0.3) is 0 Å². The Balaban J connectivity index is 2.08. The summed E-state index contributed by atoms with van der Waals surface area (Å²) in [7, 11) is 0. The molecule has 0 spiro atoms. The van der Waals surface area contributed by atoms with Gasteiger partial charge in [0.25, 0.3) is 0 Å². The Labute approximate surface area is 99.3 Å². The highest BCUT2D eigenvalue weighted by Crippen LogP contribution is 2.45.